The van der Waals surface area contributed by atoms with Gasteiger partial charge in [0.2, 0.25) is 0 Å². The lowest BCUT2D eigenvalue weighted by Crippen LogP contribution is -2.02. The van der Waals surface area contributed by atoms with Gasteiger partial charge in [-0.05, 0) is 0 Å². The zero-order valence-electron chi connectivity index (χ0n) is 4.07. The molecule has 0 aliphatic carbocycles. The Morgan fingerprint density at radius 1 is 1.62 bits per heavy atom. The van der Waals surface area contributed by atoms with Crippen molar-refractivity contribution in [3.05, 3.63) is 9.81 Å². The highest BCUT2D eigenvalue weighted by atomic mass is 16.3. The summed E-state index contributed by atoms with van der Waals surface area (Å²) in [6.07, 6.45) is 4.73. The normalized spacial score (nSPS) is 11.4. The molecule has 4 heteroatoms. The SMILES string of the molecule is C#CC(CN=O)N=O. The van der Waals surface area contributed by atoms with Crippen LogP contribution in [0.4, 0.5) is 0 Å². The highest BCUT2D eigenvalue weighted by molar-refractivity contribution is 4.99. The average Bonchev–Trinajstić information content (AvgIpc) is 1.83. The van der Waals surface area contributed by atoms with Crippen LogP contribution in [0, 0.1) is 22.2 Å². The molecular formula is C4H4N2O2. The summed E-state index contributed by atoms with van der Waals surface area (Å²) in [4.78, 5) is 18.9. The summed E-state index contributed by atoms with van der Waals surface area (Å²) in [7, 11) is 0. The molecule has 0 fully saturated rings. The second kappa shape index (κ2) is 3.93. The molecule has 0 aromatic rings. The molecular weight excluding hydrogens is 108 g/mol. The summed E-state index contributed by atoms with van der Waals surface area (Å²) in [5.74, 6) is 1.98. The monoisotopic (exact) mass is 112 g/mol. The molecule has 0 bridgehead atoms. The molecule has 1 unspecified atom stereocenters. The van der Waals surface area contributed by atoms with Crippen LogP contribution in [0.2, 0.25) is 0 Å². The van der Waals surface area contributed by atoms with E-state index in [2.05, 4.69) is 10.4 Å². The van der Waals surface area contributed by atoms with Gasteiger partial charge < -0.3 is 0 Å². The van der Waals surface area contributed by atoms with Crippen molar-refractivity contribution in [1.29, 1.82) is 0 Å². The molecule has 0 heterocycles. The van der Waals surface area contributed by atoms with Gasteiger partial charge in [-0.2, -0.15) is 4.91 Å². The average molecular weight is 112 g/mol. The topological polar surface area (TPSA) is 58.9 Å². The van der Waals surface area contributed by atoms with Gasteiger partial charge >= 0.3 is 0 Å². The number of rotatable bonds is 3. The fourth-order valence-corrected chi connectivity index (χ4v) is 0.187. The van der Waals surface area contributed by atoms with Gasteiger partial charge in [0.25, 0.3) is 0 Å². The maximum atomic E-state index is 9.53. The van der Waals surface area contributed by atoms with Crippen LogP contribution >= 0.6 is 0 Å². The second-order valence-electron chi connectivity index (χ2n) is 1.10. The predicted octanol–water partition coefficient (Wildman–Crippen LogP) is 0.521. The molecule has 0 N–H and O–H groups in total. The van der Waals surface area contributed by atoms with Gasteiger partial charge in [-0.15, -0.1) is 11.3 Å². The molecule has 42 valence electrons. The van der Waals surface area contributed by atoms with E-state index in [4.69, 9.17) is 6.42 Å². The summed E-state index contributed by atoms with van der Waals surface area (Å²) in [5.41, 5.74) is 0. The fraction of sp³-hybridized carbons (Fsp3) is 0.500. The molecule has 0 amide bonds. The first kappa shape index (κ1) is 6.76. The van der Waals surface area contributed by atoms with Gasteiger partial charge in [0.05, 0.1) is 0 Å². The molecule has 0 aliphatic heterocycles. The van der Waals surface area contributed by atoms with Gasteiger partial charge in [-0.25, -0.2) is 0 Å². The minimum Gasteiger partial charge on any atom is -0.151 e. The lowest BCUT2D eigenvalue weighted by molar-refractivity contribution is 0.839. The van der Waals surface area contributed by atoms with E-state index in [-0.39, 0.29) is 6.54 Å². The van der Waals surface area contributed by atoms with Crippen molar-refractivity contribution in [2.24, 2.45) is 10.4 Å². The predicted molar refractivity (Wildman–Crippen MR) is 29.1 cm³/mol. The zero-order chi connectivity index (χ0) is 6.41. The number of hydrogen-bond donors (Lipinski definition) is 0. The number of nitroso groups, excluding NO2 is 2. The van der Waals surface area contributed by atoms with Gasteiger partial charge in [0.15, 0.2) is 6.04 Å². The van der Waals surface area contributed by atoms with Gasteiger partial charge in [-0.3, -0.25) is 0 Å². The van der Waals surface area contributed by atoms with E-state index in [0.717, 1.165) is 0 Å². The summed E-state index contributed by atoms with van der Waals surface area (Å²) >= 11 is 0. The number of nitrogens with zero attached hydrogens (tertiary/aromatic N) is 2. The van der Waals surface area contributed by atoms with E-state index in [1.807, 2.05) is 5.92 Å². The van der Waals surface area contributed by atoms with Gasteiger partial charge in [-0.1, -0.05) is 16.3 Å². The number of hydrogen-bond acceptors (Lipinski definition) is 4. The molecule has 8 heavy (non-hydrogen) atoms. The lowest BCUT2D eigenvalue weighted by Gasteiger charge is -1.86. The van der Waals surface area contributed by atoms with E-state index < -0.39 is 6.04 Å². The largest absolute Gasteiger partial charge is 0.175 e. The van der Waals surface area contributed by atoms with E-state index in [1.165, 1.54) is 0 Å². The van der Waals surface area contributed by atoms with Crippen molar-refractivity contribution in [2.45, 2.75) is 6.04 Å². The van der Waals surface area contributed by atoms with Crippen molar-refractivity contribution in [2.75, 3.05) is 6.54 Å². The highest BCUT2D eigenvalue weighted by Gasteiger charge is 2.00. The molecule has 1 atom stereocenters. The number of terminal acetylenes is 1. The Balaban J connectivity index is 3.56. The van der Waals surface area contributed by atoms with Crippen LogP contribution in [0.3, 0.4) is 0 Å². The van der Waals surface area contributed by atoms with Crippen LogP contribution in [-0.2, 0) is 0 Å². The maximum absolute atomic E-state index is 9.53. The first-order valence-electron chi connectivity index (χ1n) is 1.93. The molecule has 4 nitrogen and oxygen atoms in total. The summed E-state index contributed by atoms with van der Waals surface area (Å²) in [6.45, 7) is -0.222. The van der Waals surface area contributed by atoms with Crippen molar-refractivity contribution >= 4 is 0 Å². The minimum atomic E-state index is -0.882. The first-order valence-corrected chi connectivity index (χ1v) is 1.93. The van der Waals surface area contributed by atoms with Gasteiger partial charge in [0, 0.05) is 0 Å². The standard InChI is InChI=1S/C4H4N2O2/c1-2-4(6-8)3-5-7/h1,4H,3H2. The lowest BCUT2D eigenvalue weighted by atomic mass is 10.3. The molecule has 0 radical (unpaired) electrons. The molecule has 0 aromatic heterocycles. The quantitative estimate of drug-likeness (QED) is 0.394. The molecule has 0 spiro atoms. The third-order valence-electron chi connectivity index (χ3n) is 0.567. The summed E-state index contributed by atoms with van der Waals surface area (Å²) in [6, 6.07) is -0.882. The van der Waals surface area contributed by atoms with Crippen molar-refractivity contribution in [3.63, 3.8) is 0 Å². The van der Waals surface area contributed by atoms with E-state index in [9.17, 15) is 9.81 Å². The zero-order valence-corrected chi connectivity index (χ0v) is 4.07. The van der Waals surface area contributed by atoms with Crippen molar-refractivity contribution in [3.8, 4) is 12.3 Å². The molecule has 0 saturated carbocycles. The van der Waals surface area contributed by atoms with Crippen LogP contribution in [0.1, 0.15) is 0 Å². The van der Waals surface area contributed by atoms with Crippen LogP contribution in [0.25, 0.3) is 0 Å². The van der Waals surface area contributed by atoms with E-state index in [0.29, 0.717) is 0 Å². The molecule has 0 aliphatic rings. The Bertz CT molecular complexity index is 126. The highest BCUT2D eigenvalue weighted by Crippen LogP contribution is 1.86. The molecule has 0 saturated heterocycles. The van der Waals surface area contributed by atoms with Crippen LogP contribution < -0.4 is 0 Å². The fourth-order valence-electron chi connectivity index (χ4n) is 0.187. The summed E-state index contributed by atoms with van der Waals surface area (Å²) in [5, 5.41) is 4.81. The van der Waals surface area contributed by atoms with Crippen LogP contribution in [0.5, 0.6) is 0 Å². The third-order valence-corrected chi connectivity index (χ3v) is 0.567. The second-order valence-corrected chi connectivity index (χ2v) is 1.10. The molecule has 0 rings (SSSR count). The Labute approximate surface area is 46.2 Å². The van der Waals surface area contributed by atoms with Crippen LogP contribution in [-0.4, -0.2) is 12.6 Å². The van der Waals surface area contributed by atoms with Crippen molar-refractivity contribution < 1.29 is 0 Å². The smallest absolute Gasteiger partial charge is 0.151 e. The maximum Gasteiger partial charge on any atom is 0.175 e. The van der Waals surface area contributed by atoms with Gasteiger partial charge in [0.1, 0.15) is 6.54 Å². The third kappa shape index (κ3) is 2.03. The Morgan fingerprint density at radius 2 is 2.25 bits per heavy atom. The van der Waals surface area contributed by atoms with E-state index in [1.54, 1.807) is 0 Å². The van der Waals surface area contributed by atoms with E-state index >= 15 is 0 Å². The Kier molecular flexibility index (Phi) is 3.32. The molecule has 0 aromatic carbocycles. The van der Waals surface area contributed by atoms with Crippen molar-refractivity contribution in [1.82, 2.24) is 0 Å². The minimum absolute atomic E-state index is 0.222. The van der Waals surface area contributed by atoms with Crippen LogP contribution in [0.15, 0.2) is 10.4 Å². The summed E-state index contributed by atoms with van der Waals surface area (Å²) < 4.78 is 0. The first-order chi connectivity index (χ1) is 3.85. The Morgan fingerprint density at radius 3 is 2.38 bits per heavy atom. The Hall–Kier alpha value is -1.24.